The van der Waals surface area contributed by atoms with E-state index in [1.165, 1.54) is 23.3 Å². The van der Waals surface area contributed by atoms with Crippen LogP contribution in [0.5, 0.6) is 0 Å². The van der Waals surface area contributed by atoms with Crippen molar-refractivity contribution in [1.82, 2.24) is 15.1 Å². The molecule has 0 aliphatic carbocycles. The average molecular weight is 295 g/mol. The van der Waals surface area contributed by atoms with Crippen molar-refractivity contribution in [1.29, 1.82) is 0 Å². The van der Waals surface area contributed by atoms with E-state index in [1.54, 1.807) is 17.5 Å². The standard InChI is InChI=1S/C12H13N3O4S/c1-14(12(19)8-3-2-4-20-8)7-11(18)15-5-9(16)13-10(17)6-15/h2-4H,5-7H2,1H3,(H,13,16,17). The Morgan fingerprint density at radius 3 is 2.55 bits per heavy atom. The summed E-state index contributed by atoms with van der Waals surface area (Å²) >= 11 is 1.29. The zero-order valence-corrected chi connectivity index (χ0v) is 11.6. The van der Waals surface area contributed by atoms with Crippen molar-refractivity contribution in [2.24, 2.45) is 0 Å². The Balaban J connectivity index is 1.95. The Morgan fingerprint density at radius 2 is 2.00 bits per heavy atom. The van der Waals surface area contributed by atoms with Gasteiger partial charge in [0.2, 0.25) is 17.7 Å². The lowest BCUT2D eigenvalue weighted by molar-refractivity contribution is -0.145. The Morgan fingerprint density at radius 1 is 1.35 bits per heavy atom. The third-order valence-corrected chi connectivity index (χ3v) is 3.61. The molecule has 4 amide bonds. The zero-order chi connectivity index (χ0) is 14.7. The normalized spacial score (nSPS) is 14.9. The van der Waals surface area contributed by atoms with Crippen LogP contribution in [0.25, 0.3) is 0 Å². The van der Waals surface area contributed by atoms with Crippen LogP contribution in [0.2, 0.25) is 0 Å². The fraction of sp³-hybridized carbons (Fsp3) is 0.333. The summed E-state index contributed by atoms with van der Waals surface area (Å²) in [5.74, 6) is -1.72. The predicted octanol–water partition coefficient (Wildman–Crippen LogP) is -0.695. The highest BCUT2D eigenvalue weighted by atomic mass is 32.1. The van der Waals surface area contributed by atoms with Crippen molar-refractivity contribution >= 4 is 35.0 Å². The minimum absolute atomic E-state index is 0.161. The maximum Gasteiger partial charge on any atom is 0.264 e. The first-order chi connectivity index (χ1) is 9.47. The van der Waals surface area contributed by atoms with Crippen LogP contribution in [0.1, 0.15) is 9.67 Å². The third-order valence-electron chi connectivity index (χ3n) is 2.75. The van der Waals surface area contributed by atoms with Crippen LogP contribution in [0.3, 0.4) is 0 Å². The first kappa shape index (κ1) is 14.2. The number of carbonyl (C=O) groups is 4. The summed E-state index contributed by atoms with van der Waals surface area (Å²) in [5.41, 5.74) is 0. The van der Waals surface area contributed by atoms with E-state index in [9.17, 15) is 19.2 Å². The molecule has 0 spiro atoms. The fourth-order valence-corrected chi connectivity index (χ4v) is 2.49. The summed E-state index contributed by atoms with van der Waals surface area (Å²) in [7, 11) is 1.51. The molecule has 8 heteroatoms. The van der Waals surface area contributed by atoms with E-state index >= 15 is 0 Å². The number of carbonyl (C=O) groups excluding carboxylic acids is 4. The summed E-state index contributed by atoms with van der Waals surface area (Å²) < 4.78 is 0. The van der Waals surface area contributed by atoms with E-state index in [4.69, 9.17) is 0 Å². The Bertz CT molecular complexity index is 539. The lowest BCUT2D eigenvalue weighted by atomic mass is 10.3. The number of likely N-dealkylation sites (N-methyl/N-ethyl adjacent to an activating group) is 1. The van der Waals surface area contributed by atoms with E-state index in [2.05, 4.69) is 5.32 Å². The van der Waals surface area contributed by atoms with E-state index in [1.807, 2.05) is 0 Å². The summed E-state index contributed by atoms with van der Waals surface area (Å²) in [6.07, 6.45) is 0. The van der Waals surface area contributed by atoms with Crippen LogP contribution < -0.4 is 5.32 Å². The summed E-state index contributed by atoms with van der Waals surface area (Å²) in [5, 5.41) is 3.89. The van der Waals surface area contributed by atoms with E-state index in [-0.39, 0.29) is 25.5 Å². The molecule has 2 heterocycles. The second-order valence-corrected chi connectivity index (χ2v) is 5.31. The number of imide groups is 1. The summed E-state index contributed by atoms with van der Waals surface area (Å²) in [6, 6.07) is 3.42. The van der Waals surface area contributed by atoms with Gasteiger partial charge in [-0.25, -0.2) is 0 Å². The van der Waals surface area contributed by atoms with Gasteiger partial charge in [-0.1, -0.05) is 6.07 Å². The van der Waals surface area contributed by atoms with Gasteiger partial charge >= 0.3 is 0 Å². The molecule has 1 aliphatic rings. The first-order valence-corrected chi connectivity index (χ1v) is 6.75. The number of nitrogens with zero attached hydrogens (tertiary/aromatic N) is 2. The number of rotatable bonds is 3. The third kappa shape index (κ3) is 3.21. The highest BCUT2D eigenvalue weighted by Gasteiger charge is 2.27. The molecule has 1 N–H and O–H groups in total. The van der Waals surface area contributed by atoms with Crippen molar-refractivity contribution in [2.45, 2.75) is 0 Å². The second kappa shape index (κ2) is 5.83. The molecule has 106 valence electrons. The van der Waals surface area contributed by atoms with Gasteiger partial charge in [0.1, 0.15) is 13.1 Å². The number of hydrogen-bond acceptors (Lipinski definition) is 5. The monoisotopic (exact) mass is 295 g/mol. The molecule has 7 nitrogen and oxygen atoms in total. The minimum Gasteiger partial charge on any atom is -0.332 e. The molecule has 0 radical (unpaired) electrons. The van der Waals surface area contributed by atoms with Crippen LogP contribution in [-0.2, 0) is 14.4 Å². The van der Waals surface area contributed by atoms with Gasteiger partial charge in [-0.15, -0.1) is 11.3 Å². The molecule has 0 bridgehead atoms. The van der Waals surface area contributed by atoms with Gasteiger partial charge in [-0.3, -0.25) is 24.5 Å². The molecule has 0 aromatic carbocycles. The zero-order valence-electron chi connectivity index (χ0n) is 10.8. The van der Waals surface area contributed by atoms with Crippen molar-refractivity contribution in [3.63, 3.8) is 0 Å². The van der Waals surface area contributed by atoms with Gasteiger partial charge in [0.25, 0.3) is 5.91 Å². The highest BCUT2D eigenvalue weighted by Crippen LogP contribution is 2.11. The molecule has 1 fully saturated rings. The largest absolute Gasteiger partial charge is 0.332 e. The highest BCUT2D eigenvalue weighted by molar-refractivity contribution is 7.12. The fourth-order valence-electron chi connectivity index (χ4n) is 1.78. The molecule has 0 unspecified atom stereocenters. The first-order valence-electron chi connectivity index (χ1n) is 5.87. The van der Waals surface area contributed by atoms with Gasteiger partial charge in [0.15, 0.2) is 0 Å². The van der Waals surface area contributed by atoms with Crippen LogP contribution in [0.15, 0.2) is 17.5 Å². The molecular weight excluding hydrogens is 282 g/mol. The van der Waals surface area contributed by atoms with Gasteiger partial charge < -0.3 is 9.80 Å². The summed E-state index contributed by atoms with van der Waals surface area (Å²) in [4.78, 5) is 49.3. The van der Waals surface area contributed by atoms with Gasteiger partial charge in [-0.2, -0.15) is 0 Å². The second-order valence-electron chi connectivity index (χ2n) is 4.36. The van der Waals surface area contributed by atoms with Crippen molar-refractivity contribution in [2.75, 3.05) is 26.7 Å². The van der Waals surface area contributed by atoms with E-state index < -0.39 is 17.7 Å². The predicted molar refractivity (Wildman–Crippen MR) is 71.0 cm³/mol. The smallest absolute Gasteiger partial charge is 0.264 e. The number of nitrogens with one attached hydrogen (secondary N) is 1. The van der Waals surface area contributed by atoms with Crippen LogP contribution >= 0.6 is 11.3 Å². The van der Waals surface area contributed by atoms with Crippen LogP contribution in [-0.4, -0.2) is 60.1 Å². The number of thiophene rings is 1. The Labute approximate surface area is 119 Å². The molecule has 0 saturated carbocycles. The van der Waals surface area contributed by atoms with Crippen molar-refractivity contribution < 1.29 is 19.2 Å². The molecule has 1 saturated heterocycles. The maximum atomic E-state index is 12.0. The van der Waals surface area contributed by atoms with E-state index in [0.29, 0.717) is 4.88 Å². The van der Waals surface area contributed by atoms with Crippen LogP contribution in [0.4, 0.5) is 0 Å². The molecule has 1 aromatic rings. The number of amides is 4. The molecular formula is C12H13N3O4S. The number of piperazine rings is 1. The quantitative estimate of drug-likeness (QED) is 0.747. The number of hydrogen-bond donors (Lipinski definition) is 1. The van der Waals surface area contributed by atoms with Gasteiger partial charge in [-0.05, 0) is 11.4 Å². The van der Waals surface area contributed by atoms with Crippen molar-refractivity contribution in [3.05, 3.63) is 22.4 Å². The SMILES string of the molecule is CN(CC(=O)N1CC(=O)NC(=O)C1)C(=O)c1cccs1. The molecule has 20 heavy (non-hydrogen) atoms. The lowest BCUT2D eigenvalue weighted by Crippen LogP contribution is -2.55. The van der Waals surface area contributed by atoms with E-state index in [0.717, 1.165) is 4.90 Å². The summed E-state index contributed by atoms with van der Waals surface area (Å²) in [6.45, 7) is -0.492. The van der Waals surface area contributed by atoms with Crippen molar-refractivity contribution in [3.8, 4) is 0 Å². The molecule has 1 aliphatic heterocycles. The van der Waals surface area contributed by atoms with Gasteiger partial charge in [0.05, 0.1) is 11.4 Å². The Hall–Kier alpha value is -2.22. The average Bonchev–Trinajstić information content (AvgIpc) is 2.90. The van der Waals surface area contributed by atoms with Crippen LogP contribution in [0, 0.1) is 0 Å². The molecule has 2 rings (SSSR count). The molecule has 1 aromatic heterocycles. The van der Waals surface area contributed by atoms with Gasteiger partial charge in [0, 0.05) is 7.05 Å². The maximum absolute atomic E-state index is 12.0. The topological polar surface area (TPSA) is 86.8 Å². The Kier molecular flexibility index (Phi) is 4.14. The minimum atomic E-state index is -0.512. The molecule has 0 atom stereocenters. The lowest BCUT2D eigenvalue weighted by Gasteiger charge is -2.27.